The van der Waals surface area contributed by atoms with Gasteiger partial charge in [-0.05, 0) is 12.8 Å². The number of hydrogen-bond donors (Lipinski definition) is 0. The van der Waals surface area contributed by atoms with Crippen LogP contribution in [0.2, 0.25) is 0 Å². The van der Waals surface area contributed by atoms with Crippen molar-refractivity contribution in [3.8, 4) is 0 Å². The Kier molecular flexibility index (Phi) is 32.6. The van der Waals surface area contributed by atoms with Gasteiger partial charge in [0, 0.05) is 19.3 Å². The number of rotatable bonds is 33. The molecule has 0 bridgehead atoms. The van der Waals surface area contributed by atoms with Crippen LogP contribution in [-0.4, -0.2) is 18.2 Å². The average molecular weight is 581 g/mol. The summed E-state index contributed by atoms with van der Waals surface area (Å²) in [5.74, 6) is -0.472. The Morgan fingerprint density at radius 3 is 0.805 bits per heavy atom. The Morgan fingerprint density at radius 2 is 0.585 bits per heavy atom. The molecule has 41 heavy (non-hydrogen) atoms. The fourth-order valence-electron chi connectivity index (χ4n) is 5.53. The molecule has 4 nitrogen and oxygen atoms in total. The predicted molar refractivity (Wildman–Crippen MR) is 176 cm³/mol. The lowest BCUT2D eigenvalue weighted by atomic mass is 10.0. The predicted octanol–water partition coefficient (Wildman–Crippen LogP) is 12.6. The second kappa shape index (κ2) is 33.4. The van der Waals surface area contributed by atoms with E-state index in [-0.39, 0.29) is 11.9 Å². The van der Waals surface area contributed by atoms with Crippen LogP contribution in [0.3, 0.4) is 0 Å². The van der Waals surface area contributed by atoms with Gasteiger partial charge < -0.3 is 9.47 Å². The minimum atomic E-state index is -0.728. The van der Waals surface area contributed by atoms with Crippen LogP contribution in [-0.2, 0) is 19.1 Å². The van der Waals surface area contributed by atoms with Crippen molar-refractivity contribution in [2.24, 2.45) is 0 Å². The van der Waals surface area contributed by atoms with Crippen molar-refractivity contribution in [2.45, 2.75) is 226 Å². The standard InChI is InChI=1S/C37H72O4/c1-4-7-9-11-13-15-17-19-20-22-24-26-28-30-32-34-36(39)41-37(6-3)40-35(38)33-31-29-27-25-23-21-18-16-14-12-10-8-5-2/h37H,4-34H2,1-3H3. The Bertz CT molecular complexity index is 547. The van der Waals surface area contributed by atoms with E-state index in [4.69, 9.17) is 9.47 Å². The van der Waals surface area contributed by atoms with E-state index in [1.165, 1.54) is 154 Å². The molecule has 0 fully saturated rings. The Morgan fingerprint density at radius 1 is 0.366 bits per heavy atom. The average Bonchev–Trinajstić information content (AvgIpc) is 2.97. The monoisotopic (exact) mass is 581 g/mol. The lowest BCUT2D eigenvalue weighted by Crippen LogP contribution is -2.23. The van der Waals surface area contributed by atoms with Crippen LogP contribution in [0.1, 0.15) is 220 Å². The summed E-state index contributed by atoms with van der Waals surface area (Å²) in [4.78, 5) is 24.4. The summed E-state index contributed by atoms with van der Waals surface area (Å²) in [6.45, 7) is 6.44. The first-order valence-electron chi connectivity index (χ1n) is 18.5. The fraction of sp³-hybridized carbons (Fsp3) is 0.946. The van der Waals surface area contributed by atoms with E-state index in [1.54, 1.807) is 0 Å². The molecule has 4 heteroatoms. The van der Waals surface area contributed by atoms with Gasteiger partial charge in [-0.1, -0.05) is 188 Å². The maximum atomic E-state index is 12.2. The van der Waals surface area contributed by atoms with Gasteiger partial charge in [0.15, 0.2) is 0 Å². The van der Waals surface area contributed by atoms with Gasteiger partial charge in [-0.15, -0.1) is 0 Å². The number of carbonyl (C=O) groups excluding carboxylic acids is 2. The highest BCUT2D eigenvalue weighted by atomic mass is 16.7. The molecule has 0 saturated heterocycles. The lowest BCUT2D eigenvalue weighted by Gasteiger charge is -2.16. The van der Waals surface area contributed by atoms with Crippen molar-refractivity contribution in [1.29, 1.82) is 0 Å². The molecule has 0 N–H and O–H groups in total. The van der Waals surface area contributed by atoms with Gasteiger partial charge in [-0.3, -0.25) is 9.59 Å². The molecular formula is C37H72O4. The summed E-state index contributed by atoms with van der Waals surface area (Å²) in [5, 5.41) is 0. The molecule has 0 aliphatic heterocycles. The number of hydrogen-bond acceptors (Lipinski definition) is 4. The summed E-state index contributed by atoms with van der Waals surface area (Å²) in [6, 6.07) is 0. The van der Waals surface area contributed by atoms with Crippen molar-refractivity contribution < 1.29 is 19.1 Å². The zero-order valence-corrected chi connectivity index (χ0v) is 28.1. The summed E-state index contributed by atoms with van der Waals surface area (Å²) in [6.07, 6.45) is 37.0. The van der Waals surface area contributed by atoms with E-state index in [0.29, 0.717) is 19.3 Å². The van der Waals surface area contributed by atoms with Crippen molar-refractivity contribution in [1.82, 2.24) is 0 Å². The van der Waals surface area contributed by atoms with Crippen LogP contribution in [0.25, 0.3) is 0 Å². The first-order valence-corrected chi connectivity index (χ1v) is 18.5. The second-order valence-corrected chi connectivity index (χ2v) is 12.5. The van der Waals surface area contributed by atoms with Crippen molar-refractivity contribution >= 4 is 11.9 Å². The van der Waals surface area contributed by atoms with Gasteiger partial charge >= 0.3 is 11.9 Å². The first kappa shape index (κ1) is 39.9. The molecule has 0 radical (unpaired) electrons. The Labute approximate surface area is 256 Å². The van der Waals surface area contributed by atoms with Crippen molar-refractivity contribution in [3.63, 3.8) is 0 Å². The molecule has 1 atom stereocenters. The molecular weight excluding hydrogens is 508 g/mol. The molecule has 1 unspecified atom stereocenters. The van der Waals surface area contributed by atoms with E-state index in [0.717, 1.165) is 25.7 Å². The molecule has 0 aromatic heterocycles. The maximum absolute atomic E-state index is 12.2. The summed E-state index contributed by atoms with van der Waals surface area (Å²) in [7, 11) is 0. The first-order chi connectivity index (χ1) is 20.1. The number of ether oxygens (including phenoxy) is 2. The summed E-state index contributed by atoms with van der Waals surface area (Å²) in [5.41, 5.74) is 0. The van der Waals surface area contributed by atoms with Crippen LogP contribution >= 0.6 is 0 Å². The number of unbranched alkanes of at least 4 members (excludes halogenated alkanes) is 26. The molecule has 0 aliphatic carbocycles. The quantitative estimate of drug-likeness (QED) is 0.0440. The van der Waals surface area contributed by atoms with Gasteiger partial charge in [0.1, 0.15) is 0 Å². The van der Waals surface area contributed by atoms with Gasteiger partial charge in [-0.25, -0.2) is 0 Å². The van der Waals surface area contributed by atoms with E-state index in [9.17, 15) is 9.59 Å². The zero-order chi connectivity index (χ0) is 30.1. The van der Waals surface area contributed by atoms with Crippen LogP contribution in [0, 0.1) is 0 Å². The minimum absolute atomic E-state index is 0.236. The largest absolute Gasteiger partial charge is 0.425 e. The summed E-state index contributed by atoms with van der Waals surface area (Å²) >= 11 is 0. The highest BCUT2D eigenvalue weighted by molar-refractivity contribution is 5.71. The van der Waals surface area contributed by atoms with Gasteiger partial charge in [0.05, 0.1) is 0 Å². The summed E-state index contributed by atoms with van der Waals surface area (Å²) < 4.78 is 10.9. The second-order valence-electron chi connectivity index (χ2n) is 12.5. The molecule has 0 aromatic rings. The Hall–Kier alpha value is -1.06. The van der Waals surface area contributed by atoms with Crippen LogP contribution in [0.15, 0.2) is 0 Å². The third-order valence-electron chi connectivity index (χ3n) is 8.33. The third kappa shape index (κ3) is 31.7. The highest BCUT2D eigenvalue weighted by Crippen LogP contribution is 2.16. The van der Waals surface area contributed by atoms with E-state index in [1.807, 2.05) is 6.92 Å². The number of esters is 2. The van der Waals surface area contributed by atoms with Gasteiger partial charge in [-0.2, -0.15) is 0 Å². The zero-order valence-electron chi connectivity index (χ0n) is 28.1. The topological polar surface area (TPSA) is 52.6 Å². The minimum Gasteiger partial charge on any atom is -0.425 e. The lowest BCUT2D eigenvalue weighted by molar-refractivity contribution is -0.188. The van der Waals surface area contributed by atoms with Crippen LogP contribution < -0.4 is 0 Å². The maximum Gasteiger partial charge on any atom is 0.308 e. The van der Waals surface area contributed by atoms with Gasteiger partial charge in [0.2, 0.25) is 6.29 Å². The third-order valence-corrected chi connectivity index (χ3v) is 8.33. The van der Waals surface area contributed by atoms with Crippen LogP contribution in [0.4, 0.5) is 0 Å². The van der Waals surface area contributed by atoms with Crippen molar-refractivity contribution in [2.75, 3.05) is 0 Å². The molecule has 0 rings (SSSR count). The van der Waals surface area contributed by atoms with Crippen molar-refractivity contribution in [3.05, 3.63) is 0 Å². The van der Waals surface area contributed by atoms with Gasteiger partial charge in [0.25, 0.3) is 0 Å². The molecule has 244 valence electrons. The van der Waals surface area contributed by atoms with E-state index >= 15 is 0 Å². The van der Waals surface area contributed by atoms with E-state index in [2.05, 4.69) is 13.8 Å². The molecule has 0 aliphatic rings. The molecule has 0 saturated carbocycles. The number of carbonyl (C=O) groups is 2. The molecule has 0 heterocycles. The Balaban J connectivity index is 3.52. The normalized spacial score (nSPS) is 12.0. The molecule has 0 spiro atoms. The SMILES string of the molecule is CCCCCCCCCCCCCCCCCC(=O)OC(CC)OC(=O)CCCCCCCCCCCCCCC. The fourth-order valence-corrected chi connectivity index (χ4v) is 5.53. The van der Waals surface area contributed by atoms with E-state index < -0.39 is 6.29 Å². The molecule has 0 aromatic carbocycles. The smallest absolute Gasteiger partial charge is 0.308 e. The van der Waals surface area contributed by atoms with Crippen LogP contribution in [0.5, 0.6) is 0 Å². The highest BCUT2D eigenvalue weighted by Gasteiger charge is 2.16. The molecule has 0 amide bonds.